The number of nitriles is 2. The fraction of sp³-hybridized carbons (Fsp3) is 0. The molecule has 1 heterocycles. The van der Waals surface area contributed by atoms with Crippen LogP contribution < -0.4 is 0 Å². The van der Waals surface area contributed by atoms with Gasteiger partial charge in [-0.2, -0.15) is 10.5 Å². The molecule has 0 unspecified atom stereocenters. The standard InChI is InChI=1S/C22H6N6/c1-25-15-5-3-13-19-14(4-6-16(26-2)20(15)19)22-21(13)27-17-7-11(9-23)12(10-24)8-18(17)28-22/h3-8H. The van der Waals surface area contributed by atoms with Gasteiger partial charge in [0.2, 0.25) is 0 Å². The monoisotopic (exact) mass is 354 g/mol. The van der Waals surface area contributed by atoms with Crippen molar-refractivity contribution in [1.82, 2.24) is 9.97 Å². The maximum atomic E-state index is 9.28. The van der Waals surface area contributed by atoms with Gasteiger partial charge in [-0.25, -0.2) is 19.7 Å². The summed E-state index contributed by atoms with van der Waals surface area (Å²) in [4.78, 5) is 16.6. The highest BCUT2D eigenvalue weighted by atomic mass is 14.8. The number of rotatable bonds is 0. The molecule has 3 aromatic carbocycles. The minimum Gasteiger partial charge on any atom is -0.244 e. The predicted octanol–water partition coefficient (Wildman–Crippen LogP) is 5.28. The lowest BCUT2D eigenvalue weighted by Gasteiger charge is -2.05. The third-order valence-corrected chi connectivity index (χ3v) is 4.91. The molecule has 0 aliphatic heterocycles. The first kappa shape index (κ1) is 15.5. The van der Waals surface area contributed by atoms with Gasteiger partial charge in [0.1, 0.15) is 12.1 Å². The Labute approximate surface area is 159 Å². The van der Waals surface area contributed by atoms with Crippen LogP contribution in [0.2, 0.25) is 0 Å². The van der Waals surface area contributed by atoms with Crippen LogP contribution in [0.4, 0.5) is 11.4 Å². The molecule has 5 rings (SSSR count). The van der Waals surface area contributed by atoms with Crippen LogP contribution >= 0.6 is 0 Å². The Hall–Kier alpha value is -4.78. The van der Waals surface area contributed by atoms with Crippen molar-refractivity contribution in [1.29, 1.82) is 10.5 Å². The van der Waals surface area contributed by atoms with Gasteiger partial charge in [-0.15, -0.1) is 0 Å². The summed E-state index contributed by atoms with van der Waals surface area (Å²) in [6.45, 7) is 14.9. The molecule has 6 nitrogen and oxygen atoms in total. The summed E-state index contributed by atoms with van der Waals surface area (Å²) in [5, 5.41) is 20.0. The Bertz CT molecular complexity index is 1440. The lowest BCUT2D eigenvalue weighted by atomic mass is 10.0. The van der Waals surface area contributed by atoms with Gasteiger partial charge >= 0.3 is 0 Å². The van der Waals surface area contributed by atoms with Crippen molar-refractivity contribution in [3.05, 3.63) is 70.4 Å². The Balaban J connectivity index is 1.94. The van der Waals surface area contributed by atoms with E-state index in [1.807, 2.05) is 24.3 Å². The Morgan fingerprint density at radius 2 is 1.18 bits per heavy atom. The normalized spacial score (nSPS) is 10.7. The van der Waals surface area contributed by atoms with Crippen LogP contribution in [0.15, 0.2) is 36.4 Å². The Morgan fingerprint density at radius 1 is 0.714 bits per heavy atom. The Morgan fingerprint density at radius 3 is 1.57 bits per heavy atom. The molecule has 0 bridgehead atoms. The van der Waals surface area contributed by atoms with Crippen molar-refractivity contribution in [2.24, 2.45) is 0 Å². The van der Waals surface area contributed by atoms with Crippen molar-refractivity contribution in [2.45, 2.75) is 0 Å². The van der Waals surface area contributed by atoms with Gasteiger partial charge in [0.25, 0.3) is 0 Å². The molecule has 0 N–H and O–H groups in total. The van der Waals surface area contributed by atoms with Gasteiger partial charge in [0.05, 0.1) is 46.7 Å². The Kier molecular flexibility index (Phi) is 2.96. The maximum absolute atomic E-state index is 9.28. The molecule has 0 amide bonds. The highest BCUT2D eigenvalue weighted by Gasteiger charge is 2.27. The van der Waals surface area contributed by atoms with E-state index in [1.54, 1.807) is 24.3 Å². The van der Waals surface area contributed by atoms with Crippen LogP contribution in [0, 0.1) is 35.8 Å². The smallest absolute Gasteiger partial charge is 0.184 e. The third-order valence-electron chi connectivity index (χ3n) is 4.91. The summed E-state index contributed by atoms with van der Waals surface area (Å²) in [6.07, 6.45) is 0. The molecule has 6 heteroatoms. The molecule has 124 valence electrons. The van der Waals surface area contributed by atoms with Crippen LogP contribution in [-0.4, -0.2) is 9.97 Å². The highest BCUT2D eigenvalue weighted by molar-refractivity contribution is 6.21. The third kappa shape index (κ3) is 1.81. The first-order valence-electron chi connectivity index (χ1n) is 8.21. The number of fused-ring (bicyclic) bond motifs is 4. The molecule has 4 aromatic rings. The molecule has 1 aliphatic rings. The van der Waals surface area contributed by atoms with E-state index in [0.717, 1.165) is 16.5 Å². The average Bonchev–Trinajstić information content (AvgIpc) is 3.05. The fourth-order valence-electron chi connectivity index (χ4n) is 3.70. The highest BCUT2D eigenvalue weighted by Crippen LogP contribution is 2.50. The zero-order chi connectivity index (χ0) is 19.4. The number of hydrogen-bond acceptors (Lipinski definition) is 4. The summed E-state index contributed by atoms with van der Waals surface area (Å²) in [7, 11) is 0. The van der Waals surface area contributed by atoms with Crippen molar-refractivity contribution >= 4 is 33.2 Å². The lowest BCUT2D eigenvalue weighted by molar-refractivity contribution is 1.31. The van der Waals surface area contributed by atoms with E-state index in [9.17, 15) is 10.5 Å². The van der Waals surface area contributed by atoms with E-state index in [4.69, 9.17) is 23.1 Å². The zero-order valence-corrected chi connectivity index (χ0v) is 14.1. The average molecular weight is 354 g/mol. The SMILES string of the molecule is [C-]#[N+]c1ccc2c3c(ccc([N+]#[C-])c13)-c1nc3cc(C#N)c(C#N)cc3nc1-2. The van der Waals surface area contributed by atoms with Crippen molar-refractivity contribution in [3.63, 3.8) is 0 Å². The molecule has 0 saturated heterocycles. The quantitative estimate of drug-likeness (QED) is 0.354. The van der Waals surface area contributed by atoms with Crippen LogP contribution in [0.5, 0.6) is 0 Å². The van der Waals surface area contributed by atoms with E-state index in [1.165, 1.54) is 0 Å². The molecule has 0 atom stereocenters. The molecule has 0 radical (unpaired) electrons. The lowest BCUT2D eigenvalue weighted by Crippen LogP contribution is -1.93. The van der Waals surface area contributed by atoms with Crippen molar-refractivity contribution in [2.75, 3.05) is 0 Å². The molecule has 0 saturated carbocycles. The molecule has 1 aliphatic carbocycles. The molecule has 0 fully saturated rings. The minimum atomic E-state index is 0.253. The second-order valence-electron chi connectivity index (χ2n) is 6.27. The second kappa shape index (κ2) is 5.36. The fourth-order valence-corrected chi connectivity index (χ4v) is 3.70. The van der Waals surface area contributed by atoms with Gasteiger partial charge in [0, 0.05) is 11.1 Å². The number of benzene rings is 3. The predicted molar refractivity (Wildman–Crippen MR) is 103 cm³/mol. The van der Waals surface area contributed by atoms with Crippen LogP contribution in [0.25, 0.3) is 54.0 Å². The van der Waals surface area contributed by atoms with E-state index in [0.29, 0.717) is 39.2 Å². The summed E-state index contributed by atoms with van der Waals surface area (Å²) < 4.78 is 0. The number of hydrogen-bond donors (Lipinski definition) is 0. The van der Waals surface area contributed by atoms with Gasteiger partial charge in [-0.05, 0) is 22.9 Å². The largest absolute Gasteiger partial charge is 0.244 e. The van der Waals surface area contributed by atoms with Crippen LogP contribution in [-0.2, 0) is 0 Å². The first-order chi connectivity index (χ1) is 13.7. The van der Waals surface area contributed by atoms with Crippen molar-refractivity contribution in [3.8, 4) is 34.7 Å². The van der Waals surface area contributed by atoms with Gasteiger partial charge < -0.3 is 0 Å². The van der Waals surface area contributed by atoms with Crippen LogP contribution in [0.3, 0.4) is 0 Å². The first-order valence-corrected chi connectivity index (χ1v) is 8.21. The molecule has 0 spiro atoms. The van der Waals surface area contributed by atoms with E-state index >= 15 is 0 Å². The summed E-state index contributed by atoms with van der Waals surface area (Å²) in [5.41, 5.74) is 5.33. The molecule has 28 heavy (non-hydrogen) atoms. The van der Waals surface area contributed by atoms with Crippen LogP contribution in [0.1, 0.15) is 11.1 Å². The van der Waals surface area contributed by atoms with E-state index in [-0.39, 0.29) is 11.1 Å². The minimum absolute atomic E-state index is 0.253. The summed E-state index contributed by atoms with van der Waals surface area (Å²) in [6, 6.07) is 14.2. The number of aromatic nitrogens is 2. The van der Waals surface area contributed by atoms with Gasteiger partial charge in [-0.1, -0.05) is 24.3 Å². The maximum Gasteiger partial charge on any atom is 0.184 e. The zero-order valence-electron chi connectivity index (χ0n) is 14.1. The van der Waals surface area contributed by atoms with Gasteiger partial charge in [-0.3, -0.25) is 0 Å². The summed E-state index contributed by atoms with van der Waals surface area (Å²) >= 11 is 0. The topological polar surface area (TPSA) is 82.1 Å². The van der Waals surface area contributed by atoms with Crippen molar-refractivity contribution < 1.29 is 0 Å². The number of nitrogens with zero attached hydrogens (tertiary/aromatic N) is 6. The molecular weight excluding hydrogens is 348 g/mol. The van der Waals surface area contributed by atoms with E-state index < -0.39 is 0 Å². The van der Waals surface area contributed by atoms with Gasteiger partial charge in [0.15, 0.2) is 11.4 Å². The molecular formula is C22H6N6. The second-order valence-corrected chi connectivity index (χ2v) is 6.27. The van der Waals surface area contributed by atoms with E-state index in [2.05, 4.69) is 9.69 Å². The molecule has 1 aromatic heterocycles. The summed E-state index contributed by atoms with van der Waals surface area (Å²) in [5.74, 6) is 0.